The standard InChI is InChI=1S/C17H29BrN2/c1-6-15(7-2)20(11-12(3)4)17-9-8-14(13(5)19)10-16(17)18/h8-10,12-13,15H,6-7,11,19H2,1-5H3/t13-/m0/s1. The lowest BCUT2D eigenvalue weighted by Crippen LogP contribution is -2.37. The first-order chi connectivity index (χ1) is 9.40. The van der Waals surface area contributed by atoms with Gasteiger partial charge in [-0.2, -0.15) is 0 Å². The summed E-state index contributed by atoms with van der Waals surface area (Å²) < 4.78 is 1.15. The zero-order valence-electron chi connectivity index (χ0n) is 13.5. The van der Waals surface area contributed by atoms with Crippen LogP contribution in [0, 0.1) is 5.92 Å². The van der Waals surface area contributed by atoms with Crippen LogP contribution in [0.4, 0.5) is 5.69 Å². The SMILES string of the molecule is CCC(CC)N(CC(C)C)c1ccc([C@H](C)N)cc1Br. The van der Waals surface area contributed by atoms with Crippen molar-refractivity contribution in [1.29, 1.82) is 0 Å². The van der Waals surface area contributed by atoms with Crippen LogP contribution in [0.2, 0.25) is 0 Å². The minimum atomic E-state index is 0.0760. The van der Waals surface area contributed by atoms with E-state index < -0.39 is 0 Å². The summed E-state index contributed by atoms with van der Waals surface area (Å²) in [5, 5.41) is 0. The molecule has 1 rings (SSSR count). The highest BCUT2D eigenvalue weighted by Gasteiger charge is 2.19. The third-order valence-electron chi connectivity index (χ3n) is 3.75. The van der Waals surface area contributed by atoms with Crippen LogP contribution in [0.5, 0.6) is 0 Å². The predicted octanol–water partition coefficient (Wildman–Crippen LogP) is 5.12. The minimum Gasteiger partial charge on any atom is -0.367 e. The number of halogens is 1. The quantitative estimate of drug-likeness (QED) is 0.746. The topological polar surface area (TPSA) is 29.3 Å². The summed E-state index contributed by atoms with van der Waals surface area (Å²) in [5.41, 5.74) is 8.43. The van der Waals surface area contributed by atoms with Crippen LogP contribution in [0.3, 0.4) is 0 Å². The van der Waals surface area contributed by atoms with Gasteiger partial charge in [0.2, 0.25) is 0 Å². The Morgan fingerprint density at radius 1 is 1.15 bits per heavy atom. The maximum Gasteiger partial charge on any atom is 0.0513 e. The van der Waals surface area contributed by atoms with Gasteiger partial charge in [-0.25, -0.2) is 0 Å². The Hall–Kier alpha value is -0.540. The molecule has 114 valence electrons. The molecular formula is C17H29BrN2. The van der Waals surface area contributed by atoms with Crippen molar-refractivity contribution in [1.82, 2.24) is 0 Å². The molecule has 0 saturated heterocycles. The van der Waals surface area contributed by atoms with E-state index in [-0.39, 0.29) is 6.04 Å². The molecule has 20 heavy (non-hydrogen) atoms. The first-order valence-corrected chi connectivity index (χ1v) is 8.51. The highest BCUT2D eigenvalue weighted by molar-refractivity contribution is 9.10. The van der Waals surface area contributed by atoms with Gasteiger partial charge in [-0.05, 0) is 59.3 Å². The molecule has 0 radical (unpaired) electrons. The lowest BCUT2D eigenvalue weighted by atomic mass is 10.0. The van der Waals surface area contributed by atoms with Crippen molar-refractivity contribution in [2.75, 3.05) is 11.4 Å². The fourth-order valence-electron chi connectivity index (χ4n) is 2.61. The molecule has 1 aromatic rings. The molecule has 3 heteroatoms. The molecule has 0 aliphatic rings. The van der Waals surface area contributed by atoms with Gasteiger partial charge in [-0.15, -0.1) is 0 Å². The van der Waals surface area contributed by atoms with E-state index in [1.165, 1.54) is 24.1 Å². The summed E-state index contributed by atoms with van der Waals surface area (Å²) in [7, 11) is 0. The van der Waals surface area contributed by atoms with E-state index in [9.17, 15) is 0 Å². The molecule has 0 fully saturated rings. The Morgan fingerprint density at radius 3 is 2.15 bits per heavy atom. The second kappa shape index (κ2) is 8.04. The van der Waals surface area contributed by atoms with E-state index in [1.54, 1.807) is 0 Å². The lowest BCUT2D eigenvalue weighted by Gasteiger charge is -2.35. The second-order valence-electron chi connectivity index (χ2n) is 6.02. The largest absolute Gasteiger partial charge is 0.367 e. The first-order valence-electron chi connectivity index (χ1n) is 7.72. The number of anilines is 1. The van der Waals surface area contributed by atoms with Gasteiger partial charge < -0.3 is 10.6 Å². The van der Waals surface area contributed by atoms with E-state index in [2.05, 4.69) is 66.7 Å². The summed E-state index contributed by atoms with van der Waals surface area (Å²) in [6.45, 7) is 12.2. The lowest BCUT2D eigenvalue weighted by molar-refractivity contribution is 0.507. The zero-order chi connectivity index (χ0) is 15.3. The van der Waals surface area contributed by atoms with Crippen LogP contribution < -0.4 is 10.6 Å². The monoisotopic (exact) mass is 340 g/mol. The third kappa shape index (κ3) is 4.49. The summed E-state index contributed by atoms with van der Waals surface area (Å²) in [6, 6.07) is 7.20. The van der Waals surface area contributed by atoms with Gasteiger partial charge in [-0.1, -0.05) is 33.8 Å². The van der Waals surface area contributed by atoms with Crippen molar-refractivity contribution in [3.63, 3.8) is 0 Å². The van der Waals surface area contributed by atoms with Crippen LogP contribution in [-0.4, -0.2) is 12.6 Å². The van der Waals surface area contributed by atoms with E-state index in [0.29, 0.717) is 12.0 Å². The van der Waals surface area contributed by atoms with Gasteiger partial charge in [0, 0.05) is 23.1 Å². The van der Waals surface area contributed by atoms with Gasteiger partial charge in [0.1, 0.15) is 0 Å². The van der Waals surface area contributed by atoms with Crippen LogP contribution in [0.25, 0.3) is 0 Å². The Bertz CT molecular complexity index is 411. The van der Waals surface area contributed by atoms with Crippen molar-refractivity contribution in [2.45, 2.75) is 59.5 Å². The van der Waals surface area contributed by atoms with Crippen molar-refractivity contribution in [3.05, 3.63) is 28.2 Å². The van der Waals surface area contributed by atoms with E-state index in [0.717, 1.165) is 11.0 Å². The number of nitrogens with zero attached hydrogens (tertiary/aromatic N) is 1. The van der Waals surface area contributed by atoms with E-state index >= 15 is 0 Å². The van der Waals surface area contributed by atoms with Gasteiger partial charge in [0.25, 0.3) is 0 Å². The molecule has 0 saturated carbocycles. The first kappa shape index (κ1) is 17.5. The Kier molecular flexibility index (Phi) is 7.04. The van der Waals surface area contributed by atoms with Gasteiger partial charge in [0.05, 0.1) is 5.69 Å². The average molecular weight is 341 g/mol. The maximum absolute atomic E-state index is 5.97. The Morgan fingerprint density at radius 2 is 1.75 bits per heavy atom. The van der Waals surface area contributed by atoms with Crippen molar-refractivity contribution in [2.24, 2.45) is 11.7 Å². The normalized spacial score (nSPS) is 13.1. The molecule has 0 aliphatic carbocycles. The van der Waals surface area contributed by atoms with Crippen LogP contribution in [0.1, 0.15) is 59.1 Å². The fraction of sp³-hybridized carbons (Fsp3) is 0.647. The van der Waals surface area contributed by atoms with Gasteiger partial charge >= 0.3 is 0 Å². The van der Waals surface area contributed by atoms with E-state index in [1.807, 2.05) is 6.92 Å². The number of rotatable bonds is 7. The minimum absolute atomic E-state index is 0.0760. The van der Waals surface area contributed by atoms with Crippen LogP contribution in [-0.2, 0) is 0 Å². The maximum atomic E-state index is 5.97. The Labute approximate surface area is 132 Å². The smallest absolute Gasteiger partial charge is 0.0513 e. The summed E-state index contributed by atoms with van der Waals surface area (Å²) >= 11 is 3.74. The number of benzene rings is 1. The second-order valence-corrected chi connectivity index (χ2v) is 6.87. The summed E-state index contributed by atoms with van der Waals surface area (Å²) in [6.07, 6.45) is 2.34. The highest BCUT2D eigenvalue weighted by atomic mass is 79.9. The number of nitrogens with two attached hydrogens (primary N) is 1. The molecule has 2 nitrogen and oxygen atoms in total. The zero-order valence-corrected chi connectivity index (χ0v) is 15.1. The molecule has 0 aliphatic heterocycles. The summed E-state index contributed by atoms with van der Waals surface area (Å²) in [4.78, 5) is 2.54. The van der Waals surface area contributed by atoms with Gasteiger partial charge in [-0.3, -0.25) is 0 Å². The van der Waals surface area contributed by atoms with Crippen molar-refractivity contribution < 1.29 is 0 Å². The molecule has 1 aromatic carbocycles. The molecule has 2 N–H and O–H groups in total. The van der Waals surface area contributed by atoms with Crippen LogP contribution >= 0.6 is 15.9 Å². The molecular weight excluding hydrogens is 312 g/mol. The molecule has 0 bridgehead atoms. The molecule has 0 aromatic heterocycles. The molecule has 0 unspecified atom stereocenters. The average Bonchev–Trinajstić information content (AvgIpc) is 2.38. The molecule has 0 spiro atoms. The molecule has 1 atom stereocenters. The molecule has 0 amide bonds. The van der Waals surface area contributed by atoms with Crippen molar-refractivity contribution in [3.8, 4) is 0 Å². The fourth-order valence-corrected chi connectivity index (χ4v) is 3.23. The highest BCUT2D eigenvalue weighted by Crippen LogP contribution is 2.32. The van der Waals surface area contributed by atoms with Crippen LogP contribution in [0.15, 0.2) is 22.7 Å². The predicted molar refractivity (Wildman–Crippen MR) is 93.3 cm³/mol. The van der Waals surface area contributed by atoms with Gasteiger partial charge in [0.15, 0.2) is 0 Å². The van der Waals surface area contributed by atoms with E-state index in [4.69, 9.17) is 5.73 Å². The number of hydrogen-bond acceptors (Lipinski definition) is 2. The third-order valence-corrected chi connectivity index (χ3v) is 4.39. The summed E-state index contributed by atoms with van der Waals surface area (Å²) in [5.74, 6) is 0.649. The number of hydrogen-bond donors (Lipinski definition) is 1. The Balaban J connectivity index is 3.13. The van der Waals surface area contributed by atoms with Crippen molar-refractivity contribution >= 4 is 21.6 Å². The molecule has 0 heterocycles.